The monoisotopic (exact) mass is 873 g/mol. The summed E-state index contributed by atoms with van der Waals surface area (Å²) in [6.07, 6.45) is -15.7. The highest BCUT2D eigenvalue weighted by Gasteiger charge is 2.38. The van der Waals surface area contributed by atoms with E-state index in [2.05, 4.69) is 15.4 Å². The molecule has 0 fully saturated rings. The minimum absolute atomic E-state index is 0.00984. The van der Waals surface area contributed by atoms with Crippen LogP contribution in [-0.4, -0.2) is 175 Å². The van der Waals surface area contributed by atoms with Gasteiger partial charge in [0.1, 0.15) is 53.4 Å². The Morgan fingerprint density at radius 1 is 0.533 bits per heavy atom. The van der Waals surface area contributed by atoms with Gasteiger partial charge in [0.05, 0.1) is 7.11 Å². The number of aliphatic hydroxyl groups excluding tert-OH is 8. The lowest BCUT2D eigenvalue weighted by Crippen LogP contribution is -2.52. The predicted octanol–water partition coefficient (Wildman–Crippen LogP) is -2.20. The zero-order chi connectivity index (χ0) is 47.8. The van der Waals surface area contributed by atoms with E-state index in [0.29, 0.717) is 19.4 Å². The summed E-state index contributed by atoms with van der Waals surface area (Å²) >= 11 is 0. The third-order valence-corrected chi connectivity index (χ3v) is 7.00. The third-order valence-electron chi connectivity index (χ3n) is 7.00. The highest BCUT2D eigenvalue weighted by atomic mass is 16.6. The van der Waals surface area contributed by atoms with Crippen LogP contribution in [0.25, 0.3) is 0 Å². The molecule has 0 spiro atoms. The molecule has 0 aliphatic heterocycles. The lowest BCUT2D eigenvalue weighted by molar-refractivity contribution is -0.168. The number of amides is 2. The number of methoxy groups -OCH3 is 1. The third kappa shape index (κ3) is 30.2. The molecule has 8 atom stereocenters. The van der Waals surface area contributed by atoms with Crippen LogP contribution in [0.15, 0.2) is 0 Å². The molecular formula is C38H71N3O19. The molecule has 0 radical (unpaired) electrons. The molecule has 0 aromatic rings. The maximum absolute atomic E-state index is 12.0. The molecule has 2 amide bonds. The Morgan fingerprint density at radius 2 is 0.917 bits per heavy atom. The number of carbonyl (C=O) groups excluding carboxylic acids is 7. The smallest absolute Gasteiger partial charge is 0.407 e. The van der Waals surface area contributed by atoms with Gasteiger partial charge in [-0.25, -0.2) is 9.59 Å². The Hall–Kier alpha value is -3.87. The van der Waals surface area contributed by atoms with Gasteiger partial charge in [-0.2, -0.15) is 0 Å². The zero-order valence-electron chi connectivity index (χ0n) is 36.6. The molecule has 0 aromatic heterocycles. The molecule has 0 unspecified atom stereocenters. The molecule has 0 aliphatic rings. The van der Waals surface area contributed by atoms with E-state index in [9.17, 15) is 64.2 Å². The van der Waals surface area contributed by atoms with E-state index in [-0.39, 0.29) is 50.3 Å². The van der Waals surface area contributed by atoms with E-state index in [4.69, 9.17) is 30.2 Å². The zero-order valence-corrected chi connectivity index (χ0v) is 36.6. The second kappa shape index (κ2) is 29.4. The summed E-state index contributed by atoms with van der Waals surface area (Å²) < 4.78 is 19.3. The number of ether oxygens (including phenoxy) is 4. The van der Waals surface area contributed by atoms with Crippen molar-refractivity contribution in [1.82, 2.24) is 10.6 Å². The number of Topliss-reactive ketones (excluding diaryl/α,β-unsaturated/α-hetero) is 2. The second-order valence-electron chi connectivity index (χ2n) is 16.3. The first kappa shape index (κ1) is 60.4. The molecule has 22 heteroatoms. The fraction of sp³-hybridized carbons (Fsp3) is 0.816. The minimum Gasteiger partial charge on any atom is -0.467 e. The highest BCUT2D eigenvalue weighted by Crippen LogP contribution is 2.12. The largest absolute Gasteiger partial charge is 0.467 e. The Morgan fingerprint density at radius 3 is 1.33 bits per heavy atom. The van der Waals surface area contributed by atoms with Crippen LogP contribution in [0.4, 0.5) is 4.79 Å². The van der Waals surface area contributed by atoms with E-state index in [1.54, 1.807) is 41.5 Å². The van der Waals surface area contributed by atoms with Gasteiger partial charge >= 0.3 is 24.0 Å². The number of alkyl carbamates (subject to hydrolysis) is 1. The van der Waals surface area contributed by atoms with Crippen molar-refractivity contribution >= 4 is 41.5 Å². The van der Waals surface area contributed by atoms with Crippen LogP contribution in [0.2, 0.25) is 0 Å². The second-order valence-corrected chi connectivity index (χ2v) is 16.3. The molecule has 0 aliphatic carbocycles. The summed E-state index contributed by atoms with van der Waals surface area (Å²) in [6, 6.07) is 0. The molecule has 0 bridgehead atoms. The molecule has 0 saturated heterocycles. The maximum Gasteiger partial charge on any atom is 0.407 e. The summed E-state index contributed by atoms with van der Waals surface area (Å²) in [5.74, 6) is -4.47. The van der Waals surface area contributed by atoms with Crippen molar-refractivity contribution < 1.29 is 93.4 Å². The molecule has 0 aromatic carbocycles. The Balaban J connectivity index is -0.00000102. The SMILES string of the molecule is CC(C)(C)OC(=O)CCCN.CC(C)(C)OC(=O)CCCNC(=O)[C@@H](O)[C@H](O)[C@H](O)[C@@H](O)C(=O)CCCNC(=O)OC(C)(C)C.COC(=O)[C@@H](O)[C@H](O)[C@H](O)[C@@H](O)C(C)=O. The molecule has 0 rings (SSSR count). The van der Waals surface area contributed by atoms with E-state index in [1.807, 2.05) is 20.8 Å². The number of nitrogens with two attached hydrogens (primary N) is 1. The van der Waals surface area contributed by atoms with Gasteiger partial charge in [0.2, 0.25) is 0 Å². The number of aliphatic hydroxyl groups is 8. The van der Waals surface area contributed by atoms with Gasteiger partial charge in [0.25, 0.3) is 5.91 Å². The Labute approximate surface area is 351 Å². The molecular weight excluding hydrogens is 802 g/mol. The molecule has 0 saturated carbocycles. The van der Waals surface area contributed by atoms with Crippen molar-refractivity contribution in [3.63, 3.8) is 0 Å². The summed E-state index contributed by atoms with van der Waals surface area (Å²) in [7, 11) is 0.978. The lowest BCUT2D eigenvalue weighted by Gasteiger charge is -2.25. The van der Waals surface area contributed by atoms with Crippen molar-refractivity contribution in [1.29, 1.82) is 0 Å². The first-order valence-corrected chi connectivity index (χ1v) is 19.2. The van der Waals surface area contributed by atoms with Gasteiger partial charge in [-0.1, -0.05) is 0 Å². The first-order valence-electron chi connectivity index (χ1n) is 19.2. The van der Waals surface area contributed by atoms with E-state index in [1.165, 1.54) is 0 Å². The fourth-order valence-corrected chi connectivity index (χ4v) is 4.09. The number of esters is 3. The van der Waals surface area contributed by atoms with Gasteiger partial charge < -0.3 is 76.2 Å². The molecule has 0 heterocycles. The van der Waals surface area contributed by atoms with Crippen LogP contribution < -0.4 is 16.4 Å². The first-order chi connectivity index (χ1) is 27.2. The van der Waals surface area contributed by atoms with E-state index >= 15 is 0 Å². The fourth-order valence-electron chi connectivity index (χ4n) is 4.09. The highest BCUT2D eigenvalue weighted by molar-refractivity contribution is 5.84. The number of hydrogen-bond acceptors (Lipinski definition) is 20. The van der Waals surface area contributed by atoms with E-state index in [0.717, 1.165) is 14.0 Å². The molecule has 22 nitrogen and oxygen atoms in total. The topological polar surface area (TPSA) is 368 Å². The van der Waals surface area contributed by atoms with Crippen LogP contribution in [0.1, 0.15) is 108 Å². The van der Waals surface area contributed by atoms with Crippen LogP contribution in [0.5, 0.6) is 0 Å². The van der Waals surface area contributed by atoms with Crippen molar-refractivity contribution in [2.24, 2.45) is 5.73 Å². The summed E-state index contributed by atoms with van der Waals surface area (Å²) in [6.45, 7) is 17.4. The number of rotatable bonds is 21. The Bertz CT molecular complexity index is 1270. The quantitative estimate of drug-likeness (QED) is 0.0331. The van der Waals surface area contributed by atoms with Crippen LogP contribution in [-0.2, 0) is 47.7 Å². The van der Waals surface area contributed by atoms with Crippen molar-refractivity contribution in [3.8, 4) is 0 Å². The number of nitrogens with one attached hydrogen (secondary N) is 2. The summed E-state index contributed by atoms with van der Waals surface area (Å²) in [5.41, 5.74) is 3.55. The van der Waals surface area contributed by atoms with E-state index < -0.39 is 95.5 Å². The van der Waals surface area contributed by atoms with Crippen LogP contribution >= 0.6 is 0 Å². The molecule has 60 heavy (non-hydrogen) atoms. The van der Waals surface area contributed by atoms with Crippen molar-refractivity contribution in [2.45, 2.75) is 173 Å². The standard InChI is InChI=1S/C22H40N2O10.C8H17NO2.C8H14O7/c1-21(2,3)33-14(26)10-8-11-23-19(31)18(30)17(29)16(28)15(27)13(25)9-7-12-24-20(32)34-22(4,5)6;1-8(2,3)11-7(10)5-4-6-9;1-3(9)4(10)5(11)6(12)7(13)8(14)15-2/h15-18,27-30H,7-12H2,1-6H3,(H,23,31)(H,24,32);4-6,9H2,1-3H3;4-7,10-13H,1-2H3/t15-,16+,17+,18-;;4-,5+,6+,7-/m0.0/s1. The van der Waals surface area contributed by atoms with Crippen molar-refractivity contribution in [2.75, 3.05) is 26.7 Å². The van der Waals surface area contributed by atoms with Gasteiger partial charge in [-0.3, -0.25) is 24.0 Å². The van der Waals surface area contributed by atoms with Gasteiger partial charge in [0.15, 0.2) is 23.8 Å². The average Bonchev–Trinajstić information content (AvgIpc) is 3.12. The molecule has 12 N–H and O–H groups in total. The van der Waals surface area contributed by atoms with Gasteiger partial charge in [0, 0.05) is 32.4 Å². The van der Waals surface area contributed by atoms with Crippen LogP contribution in [0.3, 0.4) is 0 Å². The predicted molar refractivity (Wildman–Crippen MR) is 211 cm³/mol. The normalized spacial score (nSPS) is 15.5. The number of hydrogen-bond donors (Lipinski definition) is 11. The maximum atomic E-state index is 12.0. The van der Waals surface area contributed by atoms with Gasteiger partial charge in [-0.15, -0.1) is 0 Å². The minimum atomic E-state index is -2.13. The van der Waals surface area contributed by atoms with Gasteiger partial charge in [-0.05, 0) is 95.0 Å². The van der Waals surface area contributed by atoms with Crippen LogP contribution in [0, 0.1) is 0 Å². The lowest BCUT2D eigenvalue weighted by atomic mass is 9.97. The number of carbonyl (C=O) groups is 7. The Kier molecular flexibility index (Phi) is 29.6. The average molecular weight is 874 g/mol. The number of ketones is 2. The molecule has 352 valence electrons. The summed E-state index contributed by atoms with van der Waals surface area (Å²) in [4.78, 5) is 79.5. The van der Waals surface area contributed by atoms with Crippen molar-refractivity contribution in [3.05, 3.63) is 0 Å². The summed E-state index contributed by atoms with van der Waals surface area (Å²) in [5, 5.41) is 81.1.